The molecule has 1 unspecified atom stereocenters. The quantitative estimate of drug-likeness (QED) is 0.398. The Labute approximate surface area is 178 Å². The Morgan fingerprint density at radius 3 is 2.53 bits per heavy atom. The first-order valence-corrected chi connectivity index (χ1v) is 10.5. The molecule has 1 atom stereocenters. The fraction of sp³-hybridized carbons (Fsp3) is 0.391. The summed E-state index contributed by atoms with van der Waals surface area (Å²) in [6, 6.07) is 14.5. The van der Waals surface area contributed by atoms with Crippen molar-refractivity contribution in [3.8, 4) is 0 Å². The van der Waals surface area contributed by atoms with Gasteiger partial charge in [0.1, 0.15) is 5.76 Å². The number of aromatic nitrogens is 2. The molecule has 0 radical (unpaired) electrons. The van der Waals surface area contributed by atoms with Gasteiger partial charge in [-0.3, -0.25) is 14.6 Å². The predicted octanol–water partition coefficient (Wildman–Crippen LogP) is 3.27. The fourth-order valence-electron chi connectivity index (χ4n) is 3.60. The van der Waals surface area contributed by atoms with Gasteiger partial charge in [-0.2, -0.15) is 5.10 Å². The molecule has 1 aromatic carbocycles. The molecule has 3 aromatic rings. The Morgan fingerprint density at radius 2 is 1.90 bits per heavy atom. The molecule has 2 aromatic heterocycles. The van der Waals surface area contributed by atoms with Crippen molar-refractivity contribution in [1.29, 1.82) is 0 Å². The highest BCUT2D eigenvalue weighted by molar-refractivity contribution is 5.79. The van der Waals surface area contributed by atoms with Crippen LogP contribution in [0.25, 0.3) is 0 Å². The van der Waals surface area contributed by atoms with Crippen molar-refractivity contribution in [2.24, 2.45) is 4.99 Å². The standard InChI is InChI=1S/C23H32N6O/c1-4-28(5-2)21(22-12-8-15-30-22)17-26-23(24-3)25-16-19-10-6-7-11-20(19)18-29-14-9-13-27-29/h6-15,21H,4-5,16-18H2,1-3H3,(H2,24,25,26). The summed E-state index contributed by atoms with van der Waals surface area (Å²) in [6.07, 6.45) is 5.51. The zero-order valence-corrected chi connectivity index (χ0v) is 18.1. The highest BCUT2D eigenvalue weighted by Crippen LogP contribution is 2.20. The molecule has 160 valence electrons. The van der Waals surface area contributed by atoms with Gasteiger partial charge in [-0.1, -0.05) is 38.1 Å². The number of furan rings is 1. The van der Waals surface area contributed by atoms with Crippen LogP contribution in [-0.4, -0.2) is 47.3 Å². The Hall–Kier alpha value is -3.06. The molecule has 0 spiro atoms. The minimum absolute atomic E-state index is 0.153. The summed E-state index contributed by atoms with van der Waals surface area (Å²) in [5.41, 5.74) is 2.46. The predicted molar refractivity (Wildman–Crippen MR) is 120 cm³/mol. The van der Waals surface area contributed by atoms with Crippen LogP contribution in [-0.2, 0) is 13.1 Å². The van der Waals surface area contributed by atoms with E-state index < -0.39 is 0 Å². The van der Waals surface area contributed by atoms with E-state index in [4.69, 9.17) is 4.42 Å². The van der Waals surface area contributed by atoms with E-state index in [1.807, 2.05) is 29.1 Å². The highest BCUT2D eigenvalue weighted by Gasteiger charge is 2.20. The van der Waals surface area contributed by atoms with Crippen LogP contribution in [0.2, 0.25) is 0 Å². The zero-order chi connectivity index (χ0) is 21.2. The summed E-state index contributed by atoms with van der Waals surface area (Å²) in [5, 5.41) is 11.2. The average molecular weight is 409 g/mol. The Kier molecular flexibility index (Phi) is 8.09. The first kappa shape index (κ1) is 21.6. The van der Waals surface area contributed by atoms with Crippen LogP contribution in [0.3, 0.4) is 0 Å². The van der Waals surface area contributed by atoms with Crippen LogP contribution in [0.5, 0.6) is 0 Å². The van der Waals surface area contributed by atoms with Crippen LogP contribution >= 0.6 is 0 Å². The molecule has 2 heterocycles. The lowest BCUT2D eigenvalue weighted by molar-refractivity contribution is 0.193. The minimum atomic E-state index is 0.153. The third-order valence-electron chi connectivity index (χ3n) is 5.27. The van der Waals surface area contributed by atoms with Crippen LogP contribution in [0.15, 0.2) is 70.5 Å². The molecule has 0 fully saturated rings. The molecule has 3 rings (SSSR count). The van der Waals surface area contributed by atoms with Gasteiger partial charge in [0.25, 0.3) is 0 Å². The van der Waals surface area contributed by atoms with Crippen molar-refractivity contribution in [3.05, 3.63) is 78.0 Å². The number of nitrogens with zero attached hydrogens (tertiary/aromatic N) is 4. The van der Waals surface area contributed by atoms with Gasteiger partial charge in [0.15, 0.2) is 5.96 Å². The van der Waals surface area contributed by atoms with Gasteiger partial charge in [-0.05, 0) is 42.4 Å². The highest BCUT2D eigenvalue weighted by atomic mass is 16.3. The number of hydrogen-bond acceptors (Lipinski definition) is 4. The van der Waals surface area contributed by atoms with Gasteiger partial charge in [-0.15, -0.1) is 0 Å². The Morgan fingerprint density at radius 1 is 1.10 bits per heavy atom. The molecule has 0 aliphatic rings. The van der Waals surface area contributed by atoms with Crippen molar-refractivity contribution < 1.29 is 4.42 Å². The van der Waals surface area contributed by atoms with Gasteiger partial charge in [0.05, 0.1) is 18.8 Å². The summed E-state index contributed by atoms with van der Waals surface area (Å²) < 4.78 is 7.63. The normalized spacial score (nSPS) is 12.9. The molecule has 0 saturated carbocycles. The van der Waals surface area contributed by atoms with E-state index in [-0.39, 0.29) is 6.04 Å². The number of nitrogens with one attached hydrogen (secondary N) is 2. The monoisotopic (exact) mass is 408 g/mol. The summed E-state index contributed by atoms with van der Waals surface area (Å²) in [7, 11) is 1.80. The molecule has 0 saturated heterocycles. The second-order valence-corrected chi connectivity index (χ2v) is 7.03. The maximum absolute atomic E-state index is 5.69. The smallest absolute Gasteiger partial charge is 0.191 e. The second-order valence-electron chi connectivity index (χ2n) is 7.03. The lowest BCUT2D eigenvalue weighted by Crippen LogP contribution is -2.43. The van der Waals surface area contributed by atoms with E-state index >= 15 is 0 Å². The average Bonchev–Trinajstić information content (AvgIpc) is 3.48. The number of guanidine groups is 1. The number of hydrogen-bond donors (Lipinski definition) is 2. The van der Waals surface area contributed by atoms with Crippen LogP contribution in [0.4, 0.5) is 0 Å². The van der Waals surface area contributed by atoms with Crippen molar-refractivity contribution in [2.75, 3.05) is 26.7 Å². The van der Waals surface area contributed by atoms with E-state index in [1.54, 1.807) is 19.5 Å². The van der Waals surface area contributed by atoms with Gasteiger partial charge in [-0.25, -0.2) is 0 Å². The zero-order valence-electron chi connectivity index (χ0n) is 18.1. The van der Waals surface area contributed by atoms with Crippen molar-refractivity contribution in [1.82, 2.24) is 25.3 Å². The second kappa shape index (κ2) is 11.2. The van der Waals surface area contributed by atoms with E-state index in [0.717, 1.165) is 31.4 Å². The molecule has 2 N–H and O–H groups in total. The molecular weight excluding hydrogens is 376 g/mol. The van der Waals surface area contributed by atoms with Gasteiger partial charge < -0.3 is 15.1 Å². The van der Waals surface area contributed by atoms with Crippen LogP contribution < -0.4 is 10.6 Å². The first-order valence-electron chi connectivity index (χ1n) is 10.5. The van der Waals surface area contributed by atoms with Crippen molar-refractivity contribution >= 4 is 5.96 Å². The first-order chi connectivity index (χ1) is 14.7. The third-order valence-corrected chi connectivity index (χ3v) is 5.27. The summed E-state index contributed by atoms with van der Waals surface area (Å²) in [6.45, 7) is 8.40. The van der Waals surface area contributed by atoms with E-state index in [9.17, 15) is 0 Å². The maximum atomic E-state index is 5.69. The molecule has 7 heteroatoms. The number of likely N-dealkylation sites (N-methyl/N-ethyl adjacent to an activating group) is 1. The molecule has 0 amide bonds. The SMILES string of the molecule is CCN(CC)C(CNC(=NC)NCc1ccccc1Cn1cccn1)c1ccco1. The Balaban J connectivity index is 1.61. The Bertz CT molecular complexity index is 884. The summed E-state index contributed by atoms with van der Waals surface area (Å²) >= 11 is 0. The van der Waals surface area contributed by atoms with Crippen LogP contribution in [0.1, 0.15) is 36.8 Å². The van der Waals surface area contributed by atoms with E-state index in [2.05, 4.69) is 63.7 Å². The van der Waals surface area contributed by atoms with Gasteiger partial charge in [0.2, 0.25) is 0 Å². The lowest BCUT2D eigenvalue weighted by Gasteiger charge is -2.28. The lowest BCUT2D eigenvalue weighted by atomic mass is 10.1. The summed E-state index contributed by atoms with van der Waals surface area (Å²) in [4.78, 5) is 6.77. The number of rotatable bonds is 10. The van der Waals surface area contributed by atoms with Gasteiger partial charge in [0, 0.05) is 32.5 Å². The topological polar surface area (TPSA) is 70.6 Å². The fourth-order valence-corrected chi connectivity index (χ4v) is 3.60. The molecular formula is C23H32N6O. The molecule has 0 bridgehead atoms. The van der Waals surface area contributed by atoms with Crippen LogP contribution in [0, 0.1) is 0 Å². The molecule has 0 aliphatic heterocycles. The van der Waals surface area contributed by atoms with Crippen molar-refractivity contribution in [3.63, 3.8) is 0 Å². The van der Waals surface area contributed by atoms with Gasteiger partial charge >= 0.3 is 0 Å². The number of aliphatic imine (C=N–C) groups is 1. The largest absolute Gasteiger partial charge is 0.468 e. The van der Waals surface area contributed by atoms with Crippen molar-refractivity contribution in [2.45, 2.75) is 33.0 Å². The maximum Gasteiger partial charge on any atom is 0.191 e. The minimum Gasteiger partial charge on any atom is -0.468 e. The molecule has 30 heavy (non-hydrogen) atoms. The third kappa shape index (κ3) is 5.73. The summed E-state index contributed by atoms with van der Waals surface area (Å²) in [5.74, 6) is 1.74. The number of benzene rings is 1. The van der Waals surface area contributed by atoms with E-state index in [0.29, 0.717) is 13.1 Å². The molecule has 0 aliphatic carbocycles. The molecule has 7 nitrogen and oxygen atoms in total. The van der Waals surface area contributed by atoms with E-state index in [1.165, 1.54) is 11.1 Å².